The van der Waals surface area contributed by atoms with Gasteiger partial charge in [0.25, 0.3) is 0 Å². The smallest absolute Gasteiger partial charge is 0.142 e. The van der Waals surface area contributed by atoms with E-state index in [-0.39, 0.29) is 10.8 Å². The summed E-state index contributed by atoms with van der Waals surface area (Å²) < 4.78 is 25.3. The number of anilines is 1. The van der Waals surface area contributed by atoms with Crippen LogP contribution in [0.3, 0.4) is 0 Å². The van der Waals surface area contributed by atoms with Gasteiger partial charge in [-0.3, -0.25) is 4.21 Å². The fraction of sp³-hybridized carbons (Fsp3) is 0.0769. The second-order valence-corrected chi connectivity index (χ2v) is 5.60. The van der Waals surface area contributed by atoms with Gasteiger partial charge >= 0.3 is 0 Å². The summed E-state index contributed by atoms with van der Waals surface area (Å²) in [6, 6.07) is 11.3. The van der Waals surface area contributed by atoms with Crippen LogP contribution in [0.15, 0.2) is 47.4 Å². The molecule has 0 saturated heterocycles. The zero-order chi connectivity index (χ0) is 13.1. The summed E-state index contributed by atoms with van der Waals surface area (Å²) in [4.78, 5) is 0.607. The molecule has 0 aliphatic heterocycles. The Balaban J connectivity index is 2.24. The molecule has 0 aliphatic rings. The molecule has 0 aromatic heterocycles. The highest BCUT2D eigenvalue weighted by atomic mass is 35.5. The first-order valence-electron chi connectivity index (χ1n) is 5.25. The molecule has 2 aromatic rings. The number of nitrogens with two attached hydrogens (primary N) is 1. The van der Waals surface area contributed by atoms with E-state index in [1.54, 1.807) is 36.4 Å². The summed E-state index contributed by atoms with van der Waals surface area (Å²) in [6.45, 7) is 0. The molecule has 0 heterocycles. The van der Waals surface area contributed by atoms with E-state index in [0.717, 1.165) is 0 Å². The van der Waals surface area contributed by atoms with Crippen LogP contribution >= 0.6 is 11.6 Å². The van der Waals surface area contributed by atoms with Crippen LogP contribution in [0.4, 0.5) is 10.1 Å². The molecule has 0 amide bonds. The zero-order valence-corrected chi connectivity index (χ0v) is 11.0. The van der Waals surface area contributed by atoms with Crippen LogP contribution < -0.4 is 5.73 Å². The summed E-state index contributed by atoms with van der Waals surface area (Å²) in [5, 5.41) is 0.0229. The van der Waals surface area contributed by atoms with Crippen molar-refractivity contribution in [1.29, 1.82) is 0 Å². The first-order chi connectivity index (χ1) is 8.58. The highest BCUT2D eigenvalue weighted by Gasteiger charge is 2.10. The van der Waals surface area contributed by atoms with Gasteiger partial charge in [0.1, 0.15) is 5.82 Å². The van der Waals surface area contributed by atoms with Crippen LogP contribution in [0.5, 0.6) is 0 Å². The lowest BCUT2D eigenvalue weighted by molar-refractivity contribution is 0.626. The summed E-state index contributed by atoms with van der Waals surface area (Å²) in [6.07, 6.45) is 0. The molecule has 0 aliphatic carbocycles. The average molecular weight is 284 g/mol. The number of nitrogen functional groups attached to an aromatic ring is 1. The predicted octanol–water partition coefficient (Wildman–Crippen LogP) is 3.37. The van der Waals surface area contributed by atoms with Crippen molar-refractivity contribution >= 4 is 28.1 Å². The third-order valence-corrected chi connectivity index (χ3v) is 4.22. The lowest BCUT2D eigenvalue weighted by Crippen LogP contribution is -1.99. The summed E-state index contributed by atoms with van der Waals surface area (Å²) >= 11 is 5.82. The lowest BCUT2D eigenvalue weighted by atomic mass is 10.2. The fourth-order valence-electron chi connectivity index (χ4n) is 1.54. The van der Waals surface area contributed by atoms with Crippen LogP contribution in [0.1, 0.15) is 5.56 Å². The van der Waals surface area contributed by atoms with Crippen molar-refractivity contribution in [2.75, 3.05) is 5.73 Å². The maximum atomic E-state index is 13.2. The summed E-state index contributed by atoms with van der Waals surface area (Å²) in [7, 11) is -1.29. The van der Waals surface area contributed by atoms with Gasteiger partial charge in [0.05, 0.1) is 21.6 Å². The summed E-state index contributed by atoms with van der Waals surface area (Å²) in [5.41, 5.74) is 6.70. The van der Waals surface area contributed by atoms with Crippen molar-refractivity contribution in [2.24, 2.45) is 0 Å². The molecular weight excluding hydrogens is 273 g/mol. The number of halogens is 2. The molecule has 2 rings (SSSR count). The van der Waals surface area contributed by atoms with Gasteiger partial charge in [-0.15, -0.1) is 0 Å². The first kappa shape index (κ1) is 13.1. The molecule has 5 heteroatoms. The van der Waals surface area contributed by atoms with Crippen molar-refractivity contribution in [2.45, 2.75) is 10.6 Å². The maximum absolute atomic E-state index is 13.2. The summed E-state index contributed by atoms with van der Waals surface area (Å²) in [5.74, 6) is -0.334. The molecule has 1 unspecified atom stereocenters. The third kappa shape index (κ3) is 2.89. The molecule has 0 radical (unpaired) electrons. The van der Waals surface area contributed by atoms with Crippen LogP contribution in [-0.2, 0) is 16.6 Å². The Morgan fingerprint density at radius 3 is 2.67 bits per heavy atom. The second-order valence-electron chi connectivity index (χ2n) is 3.78. The van der Waals surface area contributed by atoms with Crippen molar-refractivity contribution in [3.63, 3.8) is 0 Å². The molecule has 2 N–H and O–H groups in total. The van der Waals surface area contributed by atoms with Crippen LogP contribution in [-0.4, -0.2) is 4.21 Å². The normalized spacial score (nSPS) is 12.3. The minimum Gasteiger partial charge on any atom is -0.399 e. The van der Waals surface area contributed by atoms with E-state index in [9.17, 15) is 8.60 Å². The zero-order valence-electron chi connectivity index (χ0n) is 9.40. The quantitative estimate of drug-likeness (QED) is 0.878. The van der Waals surface area contributed by atoms with Gasteiger partial charge in [-0.05, 0) is 29.8 Å². The Hall–Kier alpha value is -1.39. The fourth-order valence-corrected chi connectivity index (χ4v) is 3.00. The van der Waals surface area contributed by atoms with Crippen molar-refractivity contribution < 1.29 is 8.60 Å². The standard InChI is InChI=1S/C13H11ClFNOS/c14-13-9(3-1-6-12(13)15)8-18(17)11-5-2-4-10(16)7-11/h1-7H,8,16H2. The number of benzene rings is 2. The Morgan fingerprint density at radius 1 is 1.22 bits per heavy atom. The van der Waals surface area contributed by atoms with Gasteiger partial charge in [-0.1, -0.05) is 29.8 Å². The highest BCUT2D eigenvalue weighted by molar-refractivity contribution is 7.84. The van der Waals surface area contributed by atoms with Crippen molar-refractivity contribution in [3.05, 3.63) is 58.9 Å². The topological polar surface area (TPSA) is 43.1 Å². The molecule has 2 nitrogen and oxygen atoms in total. The second kappa shape index (κ2) is 5.50. The molecule has 1 atom stereocenters. The number of hydrogen-bond donors (Lipinski definition) is 1. The van der Waals surface area contributed by atoms with Gasteiger partial charge in [-0.2, -0.15) is 0 Å². The first-order valence-corrected chi connectivity index (χ1v) is 6.94. The Morgan fingerprint density at radius 2 is 1.94 bits per heavy atom. The van der Waals surface area contributed by atoms with Crippen LogP contribution in [0.2, 0.25) is 5.02 Å². The minimum atomic E-state index is -1.29. The SMILES string of the molecule is Nc1cccc(S(=O)Cc2cccc(F)c2Cl)c1. The Bertz CT molecular complexity index is 603. The number of rotatable bonds is 3. The predicted molar refractivity (Wildman–Crippen MR) is 72.4 cm³/mol. The van der Waals surface area contributed by atoms with E-state index >= 15 is 0 Å². The largest absolute Gasteiger partial charge is 0.399 e. The molecule has 2 aromatic carbocycles. The van der Waals surface area contributed by atoms with Gasteiger partial charge in [0.2, 0.25) is 0 Å². The van der Waals surface area contributed by atoms with Crippen molar-refractivity contribution in [1.82, 2.24) is 0 Å². The molecule has 0 fully saturated rings. The van der Waals surface area contributed by atoms with Gasteiger partial charge < -0.3 is 5.73 Å². The number of hydrogen-bond acceptors (Lipinski definition) is 2. The average Bonchev–Trinajstić information content (AvgIpc) is 2.35. The van der Waals surface area contributed by atoms with E-state index in [1.165, 1.54) is 6.07 Å². The van der Waals surface area contributed by atoms with E-state index in [4.69, 9.17) is 17.3 Å². The Labute approximate surface area is 112 Å². The maximum Gasteiger partial charge on any atom is 0.142 e. The van der Waals surface area contributed by atoms with E-state index in [1.807, 2.05) is 0 Å². The van der Waals surface area contributed by atoms with E-state index in [2.05, 4.69) is 0 Å². The van der Waals surface area contributed by atoms with Crippen LogP contribution in [0, 0.1) is 5.82 Å². The van der Waals surface area contributed by atoms with E-state index < -0.39 is 16.6 Å². The molecule has 94 valence electrons. The van der Waals surface area contributed by atoms with Crippen molar-refractivity contribution in [3.8, 4) is 0 Å². The molecule has 0 spiro atoms. The molecular formula is C13H11ClFNOS. The monoisotopic (exact) mass is 283 g/mol. The van der Waals surface area contributed by atoms with Gasteiger partial charge in [0, 0.05) is 10.6 Å². The highest BCUT2D eigenvalue weighted by Crippen LogP contribution is 2.23. The third-order valence-electron chi connectivity index (χ3n) is 2.44. The molecule has 0 bridgehead atoms. The Kier molecular flexibility index (Phi) is 3.99. The molecule has 0 saturated carbocycles. The van der Waals surface area contributed by atoms with E-state index in [0.29, 0.717) is 16.1 Å². The molecule has 18 heavy (non-hydrogen) atoms. The lowest BCUT2D eigenvalue weighted by Gasteiger charge is -2.06. The van der Waals surface area contributed by atoms with Crippen LogP contribution in [0.25, 0.3) is 0 Å². The van der Waals surface area contributed by atoms with Gasteiger partial charge in [-0.25, -0.2) is 4.39 Å². The van der Waals surface area contributed by atoms with Gasteiger partial charge in [0.15, 0.2) is 0 Å². The minimum absolute atomic E-state index is 0.0229.